The molecular weight excluding hydrogens is 301 g/mol. The smallest absolute Gasteiger partial charge is 0.357 e. The number of esters is 1. The number of rotatable bonds is 4. The minimum Gasteiger partial charge on any atom is -0.489 e. The number of nitriles is 1. The molecule has 0 aliphatic heterocycles. The van der Waals surface area contributed by atoms with E-state index in [0.717, 1.165) is 0 Å². The molecule has 0 radical (unpaired) electrons. The maximum atomic E-state index is 13.7. The Kier molecular flexibility index (Phi) is 4.55. The summed E-state index contributed by atoms with van der Waals surface area (Å²) >= 11 is 0. The predicted octanol–water partition coefficient (Wildman–Crippen LogP) is 2.64. The topological polar surface area (TPSA) is 90.3 Å². The Morgan fingerprint density at radius 3 is 2.70 bits per heavy atom. The van der Waals surface area contributed by atoms with Crippen LogP contribution in [0.15, 0.2) is 24.4 Å². The van der Waals surface area contributed by atoms with Crippen molar-refractivity contribution in [2.24, 2.45) is 0 Å². The van der Waals surface area contributed by atoms with Gasteiger partial charge in [-0.15, -0.1) is 0 Å². The van der Waals surface area contributed by atoms with Crippen LogP contribution in [0.3, 0.4) is 0 Å². The highest BCUT2D eigenvalue weighted by Crippen LogP contribution is 2.31. The highest BCUT2D eigenvalue weighted by atomic mass is 19.1. The van der Waals surface area contributed by atoms with E-state index in [9.17, 15) is 9.18 Å². The van der Waals surface area contributed by atoms with Gasteiger partial charge in [-0.05, 0) is 26.0 Å². The Morgan fingerprint density at radius 2 is 2.13 bits per heavy atom. The van der Waals surface area contributed by atoms with E-state index in [4.69, 9.17) is 20.5 Å². The summed E-state index contributed by atoms with van der Waals surface area (Å²) in [5, 5.41) is 9.13. The summed E-state index contributed by atoms with van der Waals surface area (Å²) in [5.41, 5.74) is 6.10. The molecule has 2 rings (SSSR count). The fourth-order valence-corrected chi connectivity index (χ4v) is 2.14. The third-order valence-electron chi connectivity index (χ3n) is 3.09. The molecule has 1 aromatic heterocycles. The lowest BCUT2D eigenvalue weighted by Crippen LogP contribution is -2.13. The summed E-state index contributed by atoms with van der Waals surface area (Å²) in [6.45, 7) is 3.64. The predicted molar refractivity (Wildman–Crippen MR) is 82.0 cm³/mol. The minimum atomic E-state index is -0.733. The first-order valence-electron chi connectivity index (χ1n) is 6.84. The molecule has 1 heterocycles. The van der Waals surface area contributed by atoms with Crippen LogP contribution >= 0.6 is 0 Å². The van der Waals surface area contributed by atoms with Crippen molar-refractivity contribution < 1.29 is 18.7 Å². The van der Waals surface area contributed by atoms with E-state index in [2.05, 4.69) is 0 Å². The van der Waals surface area contributed by atoms with Crippen LogP contribution in [-0.2, 0) is 4.74 Å². The molecule has 23 heavy (non-hydrogen) atoms. The highest BCUT2D eigenvalue weighted by molar-refractivity contribution is 5.96. The van der Waals surface area contributed by atoms with E-state index in [1.165, 1.54) is 36.1 Å². The number of carbonyl (C=O) groups is 1. The summed E-state index contributed by atoms with van der Waals surface area (Å²) in [7, 11) is 1.20. The van der Waals surface area contributed by atoms with Gasteiger partial charge in [0, 0.05) is 12.3 Å². The number of nitrogen functional groups attached to an aromatic ring is 1. The first-order chi connectivity index (χ1) is 10.9. The van der Waals surface area contributed by atoms with Crippen LogP contribution in [-0.4, -0.2) is 23.8 Å². The van der Waals surface area contributed by atoms with Gasteiger partial charge < -0.3 is 19.8 Å². The van der Waals surface area contributed by atoms with Crippen molar-refractivity contribution in [3.05, 3.63) is 41.5 Å². The average molecular weight is 317 g/mol. The molecule has 120 valence electrons. The van der Waals surface area contributed by atoms with Gasteiger partial charge in [0.1, 0.15) is 17.6 Å². The molecule has 0 aliphatic carbocycles. The molecule has 0 saturated carbocycles. The lowest BCUT2D eigenvalue weighted by Gasteiger charge is -2.16. The Bertz CT molecular complexity index is 791. The molecule has 7 heteroatoms. The summed E-state index contributed by atoms with van der Waals surface area (Å²) in [6.07, 6.45) is 1.19. The maximum Gasteiger partial charge on any atom is 0.357 e. The molecule has 0 saturated heterocycles. The number of hydrogen-bond acceptors (Lipinski definition) is 5. The second-order valence-corrected chi connectivity index (χ2v) is 5.06. The molecule has 1 aromatic carbocycles. The zero-order valence-corrected chi connectivity index (χ0v) is 13.0. The lowest BCUT2D eigenvalue weighted by molar-refractivity contribution is 0.0593. The number of ether oxygens (including phenoxy) is 2. The van der Waals surface area contributed by atoms with Gasteiger partial charge in [-0.1, -0.05) is 0 Å². The van der Waals surface area contributed by atoms with Crippen molar-refractivity contribution in [1.82, 2.24) is 4.57 Å². The van der Waals surface area contributed by atoms with Crippen molar-refractivity contribution >= 4 is 11.7 Å². The fourth-order valence-electron chi connectivity index (χ4n) is 2.14. The van der Waals surface area contributed by atoms with Gasteiger partial charge in [0.25, 0.3) is 0 Å². The molecule has 0 aliphatic rings. The average Bonchev–Trinajstić information content (AvgIpc) is 2.84. The first-order valence-corrected chi connectivity index (χ1v) is 6.84. The second-order valence-electron chi connectivity index (χ2n) is 5.06. The van der Waals surface area contributed by atoms with Crippen LogP contribution in [0, 0.1) is 17.1 Å². The number of hydrogen-bond donors (Lipinski definition) is 1. The number of anilines is 1. The minimum absolute atomic E-state index is 0.0286. The van der Waals surface area contributed by atoms with E-state index in [0.29, 0.717) is 5.75 Å². The van der Waals surface area contributed by atoms with Crippen molar-refractivity contribution in [2.45, 2.75) is 20.0 Å². The van der Waals surface area contributed by atoms with E-state index < -0.39 is 11.8 Å². The van der Waals surface area contributed by atoms with Gasteiger partial charge in [-0.3, -0.25) is 0 Å². The second kappa shape index (κ2) is 6.40. The maximum absolute atomic E-state index is 13.7. The summed E-state index contributed by atoms with van der Waals surface area (Å²) < 4.78 is 25.3. The fraction of sp³-hybridized carbons (Fsp3) is 0.250. The van der Waals surface area contributed by atoms with E-state index >= 15 is 0 Å². The summed E-state index contributed by atoms with van der Waals surface area (Å²) in [6, 6.07) is 5.79. The van der Waals surface area contributed by atoms with Crippen LogP contribution in [0.4, 0.5) is 10.1 Å². The largest absolute Gasteiger partial charge is 0.489 e. The first kappa shape index (κ1) is 16.4. The van der Waals surface area contributed by atoms with E-state index in [-0.39, 0.29) is 28.7 Å². The number of nitrogens with two attached hydrogens (primary N) is 1. The third kappa shape index (κ3) is 3.11. The van der Waals surface area contributed by atoms with Gasteiger partial charge in [0.2, 0.25) is 0 Å². The standard InChI is InChI=1S/C16H16FN3O3/c1-9(2)23-13-5-4-11(17)6-12(13)20-8-10(7-18)14(19)15(20)16(21)22-3/h4-6,8-9H,19H2,1-3H3. The quantitative estimate of drug-likeness (QED) is 0.875. The Balaban J connectivity index is 2.74. The Morgan fingerprint density at radius 1 is 1.43 bits per heavy atom. The van der Waals surface area contributed by atoms with Crippen LogP contribution in [0.2, 0.25) is 0 Å². The van der Waals surface area contributed by atoms with Crippen molar-refractivity contribution in [2.75, 3.05) is 12.8 Å². The Hall–Kier alpha value is -3.01. The van der Waals surface area contributed by atoms with Gasteiger partial charge >= 0.3 is 5.97 Å². The molecule has 6 nitrogen and oxygen atoms in total. The van der Waals surface area contributed by atoms with E-state index in [1.54, 1.807) is 0 Å². The normalized spacial score (nSPS) is 10.4. The summed E-state index contributed by atoms with van der Waals surface area (Å²) in [4.78, 5) is 12.0. The molecule has 0 spiro atoms. The Labute approximate surface area is 132 Å². The highest BCUT2D eigenvalue weighted by Gasteiger charge is 2.23. The van der Waals surface area contributed by atoms with Crippen LogP contribution in [0.25, 0.3) is 5.69 Å². The van der Waals surface area contributed by atoms with E-state index in [1.807, 2.05) is 19.9 Å². The summed E-state index contributed by atoms with van der Waals surface area (Å²) in [5.74, 6) is -0.896. The van der Waals surface area contributed by atoms with Crippen LogP contribution in [0.5, 0.6) is 5.75 Å². The van der Waals surface area contributed by atoms with Crippen LogP contribution < -0.4 is 10.5 Å². The monoisotopic (exact) mass is 317 g/mol. The molecule has 0 fully saturated rings. The van der Waals surface area contributed by atoms with Crippen molar-refractivity contribution in [3.63, 3.8) is 0 Å². The third-order valence-corrected chi connectivity index (χ3v) is 3.09. The molecular formula is C16H16FN3O3. The number of benzene rings is 1. The van der Waals surface area contributed by atoms with Crippen molar-refractivity contribution in [1.29, 1.82) is 5.26 Å². The molecule has 2 N–H and O–H groups in total. The van der Waals surface area contributed by atoms with Crippen LogP contribution in [0.1, 0.15) is 29.9 Å². The van der Waals surface area contributed by atoms with Gasteiger partial charge in [0.05, 0.1) is 30.2 Å². The van der Waals surface area contributed by atoms with Gasteiger partial charge in [-0.25, -0.2) is 9.18 Å². The molecule has 2 aromatic rings. The number of nitrogens with zero attached hydrogens (tertiary/aromatic N) is 2. The number of aromatic nitrogens is 1. The SMILES string of the molecule is COC(=O)c1c(N)c(C#N)cn1-c1cc(F)ccc1OC(C)C. The molecule has 0 unspecified atom stereocenters. The molecule has 0 bridgehead atoms. The van der Waals surface area contributed by atoms with Gasteiger partial charge in [0.15, 0.2) is 5.69 Å². The van der Waals surface area contributed by atoms with Crippen molar-refractivity contribution in [3.8, 4) is 17.5 Å². The number of carbonyl (C=O) groups excluding carboxylic acids is 1. The molecule has 0 atom stereocenters. The zero-order chi connectivity index (χ0) is 17.1. The number of halogens is 1. The zero-order valence-electron chi connectivity index (χ0n) is 13.0. The number of methoxy groups -OCH3 is 1. The lowest BCUT2D eigenvalue weighted by atomic mass is 10.2. The van der Waals surface area contributed by atoms with Gasteiger partial charge in [-0.2, -0.15) is 5.26 Å². The molecule has 0 amide bonds.